The van der Waals surface area contributed by atoms with Crippen molar-refractivity contribution in [3.63, 3.8) is 0 Å². The molecule has 39 heavy (non-hydrogen) atoms. The Kier molecular flexibility index (Phi) is 9.16. The van der Waals surface area contributed by atoms with Crippen molar-refractivity contribution in [2.75, 3.05) is 50.1 Å². The molecule has 4 rings (SSSR count). The zero-order valence-electron chi connectivity index (χ0n) is 22.2. The van der Waals surface area contributed by atoms with E-state index in [0.717, 1.165) is 11.1 Å². The van der Waals surface area contributed by atoms with E-state index >= 15 is 0 Å². The summed E-state index contributed by atoms with van der Waals surface area (Å²) in [5.74, 6) is 0.893. The minimum absolute atomic E-state index is 0.282. The van der Waals surface area contributed by atoms with Crippen LogP contribution in [-0.2, 0) is 14.8 Å². The maximum absolute atomic E-state index is 13.1. The van der Waals surface area contributed by atoms with Crippen molar-refractivity contribution in [3.8, 4) is 11.5 Å². The molecule has 1 aliphatic rings. The zero-order chi connectivity index (χ0) is 28.0. The Hall–Kier alpha value is -3.53. The number of benzene rings is 3. The monoisotopic (exact) mass is 569 g/mol. The van der Waals surface area contributed by atoms with Gasteiger partial charge in [0.15, 0.2) is 11.5 Å². The summed E-state index contributed by atoms with van der Waals surface area (Å²) < 4.78 is 38.6. The number of nitrogens with zero attached hydrogens (tertiary/aromatic N) is 2. The van der Waals surface area contributed by atoms with Gasteiger partial charge in [0, 0.05) is 32.3 Å². The molecule has 3 aromatic carbocycles. The first-order chi connectivity index (χ1) is 18.7. The zero-order valence-corrected chi connectivity index (χ0v) is 23.8. The van der Waals surface area contributed by atoms with Gasteiger partial charge in [-0.3, -0.25) is 4.79 Å². The van der Waals surface area contributed by atoms with Crippen LogP contribution in [0.15, 0.2) is 71.6 Å². The van der Waals surface area contributed by atoms with E-state index in [9.17, 15) is 13.2 Å². The molecule has 3 aromatic rings. The Bertz CT molecular complexity index is 1450. The maximum atomic E-state index is 13.1. The van der Waals surface area contributed by atoms with Gasteiger partial charge in [0.2, 0.25) is 15.9 Å². The van der Waals surface area contributed by atoms with E-state index in [0.29, 0.717) is 60.7 Å². The Labute approximate surface area is 234 Å². The van der Waals surface area contributed by atoms with Crippen molar-refractivity contribution in [2.24, 2.45) is 0 Å². The molecule has 1 saturated heterocycles. The number of rotatable bonds is 9. The summed E-state index contributed by atoms with van der Waals surface area (Å²) in [7, 11) is -2.02. The number of sulfonamides is 1. The fourth-order valence-electron chi connectivity index (χ4n) is 4.36. The number of ether oxygens (including phenoxy) is 2. The van der Waals surface area contributed by atoms with Crippen molar-refractivity contribution in [3.05, 3.63) is 82.9 Å². The lowest BCUT2D eigenvalue weighted by Gasteiger charge is -2.36. The third-order valence-electron chi connectivity index (χ3n) is 6.37. The van der Waals surface area contributed by atoms with Crippen LogP contribution in [0.2, 0.25) is 5.02 Å². The first-order valence-electron chi connectivity index (χ1n) is 12.6. The summed E-state index contributed by atoms with van der Waals surface area (Å²) in [6, 6.07) is 17.6. The van der Waals surface area contributed by atoms with Crippen LogP contribution in [0.5, 0.6) is 11.5 Å². The van der Waals surface area contributed by atoms with Crippen LogP contribution < -0.4 is 19.7 Å². The van der Waals surface area contributed by atoms with E-state index in [-0.39, 0.29) is 10.8 Å². The molecular weight excluding hydrogens is 538 g/mol. The number of halogens is 1. The normalized spacial score (nSPS) is 14.4. The molecule has 0 unspecified atom stereocenters. The summed E-state index contributed by atoms with van der Waals surface area (Å²) >= 11 is 6.56. The van der Waals surface area contributed by atoms with Gasteiger partial charge in [0.25, 0.3) is 0 Å². The number of anilines is 2. The Balaban J connectivity index is 1.45. The molecule has 0 radical (unpaired) electrons. The van der Waals surface area contributed by atoms with Gasteiger partial charge in [-0.25, -0.2) is 8.42 Å². The van der Waals surface area contributed by atoms with Crippen LogP contribution in [0.3, 0.4) is 0 Å². The molecule has 0 saturated carbocycles. The fraction of sp³-hybridized carbons (Fsp3) is 0.276. The highest BCUT2D eigenvalue weighted by Crippen LogP contribution is 2.35. The number of aryl methyl sites for hydroxylation is 1. The van der Waals surface area contributed by atoms with Crippen LogP contribution in [0, 0.1) is 6.92 Å². The summed E-state index contributed by atoms with van der Waals surface area (Å²) in [6.07, 6.45) is 3.12. The van der Waals surface area contributed by atoms with Gasteiger partial charge in [-0.1, -0.05) is 41.4 Å². The van der Waals surface area contributed by atoms with Crippen LogP contribution in [0.4, 0.5) is 11.4 Å². The first-order valence-corrected chi connectivity index (χ1v) is 14.4. The minimum atomic E-state index is -3.59. The third-order valence-corrected chi connectivity index (χ3v) is 8.59. The summed E-state index contributed by atoms with van der Waals surface area (Å²) in [5.41, 5.74) is 3.00. The molecule has 0 aromatic heterocycles. The predicted molar refractivity (Wildman–Crippen MR) is 155 cm³/mol. The molecular formula is C29H32ClN3O5S. The van der Waals surface area contributed by atoms with Crippen molar-refractivity contribution in [1.29, 1.82) is 0 Å². The number of hydrogen-bond donors (Lipinski definition) is 1. The van der Waals surface area contributed by atoms with Crippen LogP contribution >= 0.6 is 11.6 Å². The molecule has 1 heterocycles. The molecule has 1 fully saturated rings. The van der Waals surface area contributed by atoms with Crippen molar-refractivity contribution in [1.82, 2.24) is 4.31 Å². The lowest BCUT2D eigenvalue weighted by Crippen LogP contribution is -2.49. The van der Waals surface area contributed by atoms with Crippen LogP contribution in [0.1, 0.15) is 18.1 Å². The number of methoxy groups -OCH3 is 1. The van der Waals surface area contributed by atoms with Gasteiger partial charge in [-0.2, -0.15) is 4.31 Å². The second-order valence-corrected chi connectivity index (χ2v) is 11.4. The predicted octanol–water partition coefficient (Wildman–Crippen LogP) is 5.22. The number of para-hydroxylation sites is 1. The molecule has 0 spiro atoms. The second-order valence-electron chi connectivity index (χ2n) is 9.01. The van der Waals surface area contributed by atoms with E-state index in [1.807, 2.05) is 24.8 Å². The van der Waals surface area contributed by atoms with Gasteiger partial charge in [-0.05, 0) is 61.9 Å². The highest BCUT2D eigenvalue weighted by atomic mass is 35.5. The average Bonchev–Trinajstić information content (AvgIpc) is 2.93. The van der Waals surface area contributed by atoms with Gasteiger partial charge >= 0.3 is 0 Å². The SMILES string of the molecule is CCOc1ccc(/C=C/C(=O)Nc2cccc(Cl)c2N2CCN(S(=O)(=O)c3ccc(C)cc3)CC2)cc1OC. The largest absolute Gasteiger partial charge is 0.493 e. The number of amides is 1. The van der Waals surface area contributed by atoms with Crippen molar-refractivity contribution >= 4 is 45.0 Å². The van der Waals surface area contributed by atoms with Crippen LogP contribution in [0.25, 0.3) is 6.08 Å². The lowest BCUT2D eigenvalue weighted by atomic mass is 10.2. The van der Waals surface area contributed by atoms with E-state index in [4.69, 9.17) is 21.1 Å². The standard InChI is InChI=1S/C29H32ClN3O5S/c1-4-38-26-14-10-22(20-27(26)37-3)11-15-28(34)31-25-7-5-6-24(30)29(25)32-16-18-33(19-17-32)39(35,36)23-12-8-21(2)9-13-23/h5-15,20H,4,16-19H2,1-3H3,(H,31,34)/b15-11+. The second kappa shape index (κ2) is 12.5. The van der Waals surface area contributed by atoms with Gasteiger partial charge < -0.3 is 19.7 Å². The quantitative estimate of drug-likeness (QED) is 0.356. The smallest absolute Gasteiger partial charge is 0.248 e. The van der Waals surface area contributed by atoms with E-state index < -0.39 is 10.0 Å². The Morgan fingerprint density at radius 2 is 1.74 bits per heavy atom. The Morgan fingerprint density at radius 1 is 1.03 bits per heavy atom. The van der Waals surface area contributed by atoms with Gasteiger partial charge in [-0.15, -0.1) is 0 Å². The summed E-state index contributed by atoms with van der Waals surface area (Å²) in [5, 5.41) is 3.39. The minimum Gasteiger partial charge on any atom is -0.493 e. The Morgan fingerprint density at radius 3 is 2.41 bits per heavy atom. The lowest BCUT2D eigenvalue weighted by molar-refractivity contribution is -0.111. The third kappa shape index (κ3) is 6.73. The van der Waals surface area contributed by atoms with E-state index in [1.165, 1.54) is 10.4 Å². The topological polar surface area (TPSA) is 88.2 Å². The van der Waals surface area contributed by atoms with Crippen molar-refractivity contribution in [2.45, 2.75) is 18.7 Å². The molecule has 8 nitrogen and oxygen atoms in total. The van der Waals surface area contributed by atoms with Crippen LogP contribution in [-0.4, -0.2) is 58.5 Å². The van der Waals surface area contributed by atoms with Gasteiger partial charge in [0.1, 0.15) is 0 Å². The molecule has 206 valence electrons. The molecule has 1 amide bonds. The number of carbonyl (C=O) groups excluding carboxylic acids is 1. The number of carbonyl (C=O) groups is 1. The van der Waals surface area contributed by atoms with E-state index in [1.54, 1.807) is 67.8 Å². The summed E-state index contributed by atoms with van der Waals surface area (Å²) in [6.45, 7) is 5.80. The van der Waals surface area contributed by atoms with E-state index in [2.05, 4.69) is 5.32 Å². The molecule has 0 atom stereocenters. The highest BCUT2D eigenvalue weighted by Gasteiger charge is 2.30. The molecule has 1 aliphatic heterocycles. The van der Waals surface area contributed by atoms with Gasteiger partial charge in [0.05, 0.1) is 35.0 Å². The number of piperazine rings is 1. The number of nitrogens with one attached hydrogen (secondary N) is 1. The maximum Gasteiger partial charge on any atom is 0.248 e. The fourth-order valence-corrected chi connectivity index (χ4v) is 6.07. The summed E-state index contributed by atoms with van der Waals surface area (Å²) in [4.78, 5) is 15.1. The molecule has 0 bridgehead atoms. The average molecular weight is 570 g/mol. The number of hydrogen-bond acceptors (Lipinski definition) is 6. The molecule has 1 N–H and O–H groups in total. The molecule has 0 aliphatic carbocycles. The molecule has 10 heteroatoms. The van der Waals surface area contributed by atoms with Crippen molar-refractivity contribution < 1.29 is 22.7 Å². The first kappa shape index (κ1) is 28.5. The highest BCUT2D eigenvalue weighted by molar-refractivity contribution is 7.89.